The summed E-state index contributed by atoms with van der Waals surface area (Å²) in [6, 6.07) is 0. The molecule has 0 aliphatic heterocycles. The predicted octanol–water partition coefficient (Wildman–Crippen LogP) is 0.800. The van der Waals surface area contributed by atoms with E-state index in [0.29, 0.717) is 0 Å². The molecule has 0 spiro atoms. The predicted molar refractivity (Wildman–Crippen MR) is 29.9 cm³/mol. The molecule has 0 aliphatic rings. The van der Waals surface area contributed by atoms with Gasteiger partial charge in [-0.15, -0.1) is 0 Å². The van der Waals surface area contributed by atoms with Crippen LogP contribution in [0.4, 0.5) is 0 Å². The van der Waals surface area contributed by atoms with E-state index in [1.807, 2.05) is 0 Å². The highest BCUT2D eigenvalue weighted by Gasteiger charge is 2.05. The molecule has 0 amide bonds. The van der Waals surface area contributed by atoms with E-state index in [9.17, 15) is 13.9 Å². The van der Waals surface area contributed by atoms with Crippen molar-refractivity contribution in [2.75, 3.05) is 6.16 Å². The molecule has 9 heavy (non-hydrogen) atoms. The minimum absolute atomic E-state index is 0.300. The standard InChI is InChI=1S/C4H5O4P/c1-3(4(5)6)2-9(7)8/h1-2H2,(H,5,6). The Hall–Kier alpha value is -0.890. The summed E-state index contributed by atoms with van der Waals surface area (Å²) in [4.78, 5) is 9.87. The van der Waals surface area contributed by atoms with Crippen molar-refractivity contribution in [2.45, 2.75) is 0 Å². The van der Waals surface area contributed by atoms with Crippen molar-refractivity contribution in [2.24, 2.45) is 0 Å². The third-order valence-corrected chi connectivity index (χ3v) is 1.26. The van der Waals surface area contributed by atoms with Crippen LogP contribution in [0.1, 0.15) is 0 Å². The van der Waals surface area contributed by atoms with Gasteiger partial charge in [-0.05, 0) is 0 Å². The summed E-state index contributed by atoms with van der Waals surface area (Å²) in [5.41, 5.74) is -0.300. The molecule has 0 atom stereocenters. The highest BCUT2D eigenvalue weighted by Crippen LogP contribution is 2.07. The smallest absolute Gasteiger partial charge is 0.331 e. The normalized spacial score (nSPS) is 8.44. The van der Waals surface area contributed by atoms with Gasteiger partial charge in [-0.2, -0.15) is 0 Å². The molecule has 1 N–H and O–H groups in total. The first-order chi connectivity index (χ1) is 4.04. The summed E-state index contributed by atoms with van der Waals surface area (Å²) in [5.74, 6) is -1.27. The minimum Gasteiger partial charge on any atom is -0.478 e. The summed E-state index contributed by atoms with van der Waals surface area (Å²) in [6.45, 7) is 3.01. The number of carboxylic acid groups (broad SMARTS) is 1. The summed E-state index contributed by atoms with van der Waals surface area (Å²) >= 11 is 0. The fourth-order valence-corrected chi connectivity index (χ4v) is 0.670. The molecular formula is C4H5O4P. The molecule has 0 aromatic carbocycles. The molecule has 0 saturated carbocycles. The molecule has 5 heteroatoms. The van der Waals surface area contributed by atoms with Crippen LogP contribution in [-0.4, -0.2) is 17.2 Å². The second-order valence-electron chi connectivity index (χ2n) is 1.40. The largest absolute Gasteiger partial charge is 0.478 e. The number of hydrogen-bond donors (Lipinski definition) is 1. The van der Waals surface area contributed by atoms with Crippen LogP contribution < -0.4 is 0 Å². The monoisotopic (exact) mass is 148 g/mol. The molecule has 0 aliphatic carbocycles. The van der Waals surface area contributed by atoms with Crippen molar-refractivity contribution in [1.29, 1.82) is 0 Å². The summed E-state index contributed by atoms with van der Waals surface area (Å²) < 4.78 is 19.7. The third-order valence-electron chi connectivity index (χ3n) is 0.622. The van der Waals surface area contributed by atoms with Gasteiger partial charge in [0.15, 0.2) is 0 Å². The number of hydrogen-bond acceptors (Lipinski definition) is 3. The summed E-state index contributed by atoms with van der Waals surface area (Å²) in [7, 11) is -2.65. The van der Waals surface area contributed by atoms with Crippen LogP contribution in [0.25, 0.3) is 0 Å². The third kappa shape index (κ3) is 3.67. The van der Waals surface area contributed by atoms with Crippen LogP contribution in [0, 0.1) is 0 Å². The minimum atomic E-state index is -2.65. The highest BCUT2D eigenvalue weighted by molar-refractivity contribution is 7.31. The lowest BCUT2D eigenvalue weighted by atomic mass is 10.4. The van der Waals surface area contributed by atoms with Gasteiger partial charge in [0.05, 0.1) is 6.16 Å². The summed E-state index contributed by atoms with van der Waals surface area (Å²) in [6.07, 6.45) is -0.468. The van der Waals surface area contributed by atoms with Crippen LogP contribution in [0.15, 0.2) is 12.2 Å². The Labute approximate surface area is 52.0 Å². The van der Waals surface area contributed by atoms with Gasteiger partial charge in [-0.1, -0.05) is 6.58 Å². The van der Waals surface area contributed by atoms with Gasteiger partial charge in [0.2, 0.25) is 0 Å². The zero-order chi connectivity index (χ0) is 7.44. The topological polar surface area (TPSA) is 71.4 Å². The number of carbonyl (C=O) groups is 1. The van der Waals surface area contributed by atoms with Crippen molar-refractivity contribution in [3.8, 4) is 0 Å². The maximum absolute atomic E-state index is 9.87. The molecule has 0 unspecified atom stereocenters. The van der Waals surface area contributed by atoms with Gasteiger partial charge in [-0.3, -0.25) is 0 Å². The molecule has 4 nitrogen and oxygen atoms in total. The van der Waals surface area contributed by atoms with Crippen molar-refractivity contribution in [3.63, 3.8) is 0 Å². The van der Waals surface area contributed by atoms with E-state index >= 15 is 0 Å². The Morgan fingerprint density at radius 2 is 2.00 bits per heavy atom. The van der Waals surface area contributed by atoms with E-state index in [1.54, 1.807) is 0 Å². The number of aliphatic carboxylic acids is 1. The molecule has 0 aromatic heterocycles. The number of rotatable bonds is 3. The zero-order valence-electron chi connectivity index (χ0n) is 4.53. The molecule has 0 rings (SSSR count). The molecule has 0 bridgehead atoms. The van der Waals surface area contributed by atoms with Crippen molar-refractivity contribution in [1.82, 2.24) is 0 Å². The van der Waals surface area contributed by atoms with E-state index in [0.717, 1.165) is 0 Å². The van der Waals surface area contributed by atoms with Crippen molar-refractivity contribution >= 4 is 13.6 Å². The van der Waals surface area contributed by atoms with Gasteiger partial charge < -0.3 is 5.11 Å². The molecule has 0 fully saturated rings. The van der Waals surface area contributed by atoms with Crippen LogP contribution in [0.5, 0.6) is 0 Å². The molecule has 0 radical (unpaired) electrons. The first-order valence-corrected chi connectivity index (χ1v) is 3.43. The van der Waals surface area contributed by atoms with Gasteiger partial charge in [0.1, 0.15) is 0 Å². The Bertz CT molecular complexity index is 195. The Balaban J connectivity index is 3.94. The quantitative estimate of drug-likeness (QED) is 0.474. The van der Waals surface area contributed by atoms with Gasteiger partial charge in [0, 0.05) is 5.57 Å². The van der Waals surface area contributed by atoms with E-state index in [2.05, 4.69) is 6.58 Å². The molecule has 0 heterocycles. The maximum atomic E-state index is 9.87. The fourth-order valence-electron chi connectivity index (χ4n) is 0.223. The zero-order valence-corrected chi connectivity index (χ0v) is 5.43. The number of carboxylic acids is 1. The van der Waals surface area contributed by atoms with E-state index in [4.69, 9.17) is 5.11 Å². The van der Waals surface area contributed by atoms with Crippen LogP contribution >= 0.6 is 7.68 Å². The Kier molecular flexibility index (Phi) is 2.88. The lowest BCUT2D eigenvalue weighted by molar-refractivity contribution is -0.132. The fraction of sp³-hybridized carbons (Fsp3) is 0.250. The first kappa shape index (κ1) is 8.11. The van der Waals surface area contributed by atoms with E-state index in [1.165, 1.54) is 0 Å². The maximum Gasteiger partial charge on any atom is 0.331 e. The SMILES string of the molecule is C=C(CP(=O)=O)C(=O)O. The van der Waals surface area contributed by atoms with Crippen LogP contribution in [0.2, 0.25) is 0 Å². The molecule has 0 saturated heterocycles. The lowest BCUT2D eigenvalue weighted by Crippen LogP contribution is -1.99. The van der Waals surface area contributed by atoms with Gasteiger partial charge >= 0.3 is 13.6 Å². The van der Waals surface area contributed by atoms with E-state index in [-0.39, 0.29) is 5.57 Å². The van der Waals surface area contributed by atoms with Crippen molar-refractivity contribution < 1.29 is 19.0 Å². The lowest BCUT2D eigenvalue weighted by Gasteiger charge is -1.86. The van der Waals surface area contributed by atoms with Crippen LogP contribution in [0.3, 0.4) is 0 Å². The van der Waals surface area contributed by atoms with Crippen molar-refractivity contribution in [3.05, 3.63) is 12.2 Å². The molecule has 0 aromatic rings. The molecule has 50 valence electrons. The Morgan fingerprint density at radius 3 is 2.11 bits per heavy atom. The average Bonchev–Trinajstić information content (AvgIpc) is 1.63. The summed E-state index contributed by atoms with van der Waals surface area (Å²) in [5, 5.41) is 8.06. The average molecular weight is 148 g/mol. The highest BCUT2D eigenvalue weighted by atomic mass is 31.1. The first-order valence-electron chi connectivity index (χ1n) is 2.07. The van der Waals surface area contributed by atoms with Crippen LogP contribution in [-0.2, 0) is 13.9 Å². The van der Waals surface area contributed by atoms with Gasteiger partial charge in [-0.25, -0.2) is 13.9 Å². The van der Waals surface area contributed by atoms with Gasteiger partial charge in [0.25, 0.3) is 0 Å². The second-order valence-corrected chi connectivity index (χ2v) is 2.38. The second kappa shape index (κ2) is 3.20. The molecular weight excluding hydrogens is 143 g/mol. The van der Waals surface area contributed by atoms with E-state index < -0.39 is 19.8 Å². The Morgan fingerprint density at radius 1 is 1.56 bits per heavy atom.